The first kappa shape index (κ1) is 13.0. The quantitative estimate of drug-likeness (QED) is 0.795. The fraction of sp³-hybridized carbons (Fsp3) is 0.333. The number of rotatable bonds is 2. The summed E-state index contributed by atoms with van der Waals surface area (Å²) in [6.07, 6.45) is 5.88. The van der Waals surface area contributed by atoms with Crippen molar-refractivity contribution in [2.45, 2.75) is 37.5 Å². The standard InChI is InChI=1S/C18H20O2/c19-16-10-9-15(13-17(16)20)18(11-5-2-6-12-18)14-7-3-1-4-8-14/h1,3-4,7-10,13,19-20H,2,5-6,11-12H2. The third-order valence-electron chi connectivity index (χ3n) is 4.56. The lowest BCUT2D eigenvalue weighted by atomic mass is 9.65. The highest BCUT2D eigenvalue weighted by atomic mass is 16.3. The molecule has 0 spiro atoms. The Morgan fingerprint density at radius 3 is 2.05 bits per heavy atom. The van der Waals surface area contributed by atoms with E-state index in [1.165, 1.54) is 24.8 Å². The van der Waals surface area contributed by atoms with Crippen LogP contribution in [0.1, 0.15) is 43.2 Å². The van der Waals surface area contributed by atoms with Gasteiger partial charge in [-0.3, -0.25) is 0 Å². The zero-order valence-corrected chi connectivity index (χ0v) is 11.5. The molecule has 2 nitrogen and oxygen atoms in total. The molecule has 0 radical (unpaired) electrons. The lowest BCUT2D eigenvalue weighted by Gasteiger charge is -2.38. The van der Waals surface area contributed by atoms with Crippen molar-refractivity contribution in [1.29, 1.82) is 0 Å². The van der Waals surface area contributed by atoms with Crippen molar-refractivity contribution in [3.05, 3.63) is 59.7 Å². The first-order chi connectivity index (χ1) is 9.72. The normalized spacial score (nSPS) is 17.8. The Morgan fingerprint density at radius 2 is 1.40 bits per heavy atom. The van der Waals surface area contributed by atoms with Crippen LogP contribution < -0.4 is 0 Å². The van der Waals surface area contributed by atoms with Gasteiger partial charge in [0.25, 0.3) is 0 Å². The van der Waals surface area contributed by atoms with Gasteiger partial charge in [0, 0.05) is 5.41 Å². The van der Waals surface area contributed by atoms with E-state index in [9.17, 15) is 10.2 Å². The molecular weight excluding hydrogens is 248 g/mol. The Hall–Kier alpha value is -1.96. The van der Waals surface area contributed by atoms with Crippen LogP contribution in [0.2, 0.25) is 0 Å². The molecule has 3 rings (SSSR count). The van der Waals surface area contributed by atoms with Crippen LogP contribution in [0.15, 0.2) is 48.5 Å². The lowest BCUT2D eigenvalue weighted by molar-refractivity contribution is 0.342. The average molecular weight is 268 g/mol. The summed E-state index contributed by atoms with van der Waals surface area (Å²) in [5.74, 6) is -0.0730. The van der Waals surface area contributed by atoms with Gasteiger partial charge in [-0.15, -0.1) is 0 Å². The number of hydrogen-bond donors (Lipinski definition) is 2. The highest BCUT2D eigenvalue weighted by Gasteiger charge is 2.35. The Morgan fingerprint density at radius 1 is 0.700 bits per heavy atom. The summed E-state index contributed by atoms with van der Waals surface area (Å²) < 4.78 is 0. The van der Waals surface area contributed by atoms with Gasteiger partial charge in [-0.1, -0.05) is 55.7 Å². The summed E-state index contributed by atoms with van der Waals surface area (Å²) in [7, 11) is 0. The number of phenols is 2. The molecule has 0 heterocycles. The maximum Gasteiger partial charge on any atom is 0.157 e. The molecule has 0 unspecified atom stereocenters. The summed E-state index contributed by atoms with van der Waals surface area (Å²) >= 11 is 0. The van der Waals surface area contributed by atoms with Gasteiger partial charge in [0.05, 0.1) is 0 Å². The summed E-state index contributed by atoms with van der Waals surface area (Å²) in [5.41, 5.74) is 2.40. The SMILES string of the molecule is Oc1ccc(C2(c3ccccc3)CCCCC2)cc1O. The molecule has 0 aliphatic heterocycles. The van der Waals surface area contributed by atoms with E-state index in [-0.39, 0.29) is 16.9 Å². The van der Waals surface area contributed by atoms with E-state index >= 15 is 0 Å². The van der Waals surface area contributed by atoms with Gasteiger partial charge in [0.2, 0.25) is 0 Å². The van der Waals surface area contributed by atoms with E-state index in [1.54, 1.807) is 12.1 Å². The monoisotopic (exact) mass is 268 g/mol. The summed E-state index contributed by atoms with van der Waals surface area (Å²) in [6.45, 7) is 0. The van der Waals surface area contributed by atoms with Gasteiger partial charge in [-0.2, -0.15) is 0 Å². The van der Waals surface area contributed by atoms with Crippen LogP contribution in [0.5, 0.6) is 11.5 Å². The van der Waals surface area contributed by atoms with E-state index in [0.717, 1.165) is 18.4 Å². The largest absolute Gasteiger partial charge is 0.504 e. The minimum Gasteiger partial charge on any atom is -0.504 e. The Labute approximate surface area is 119 Å². The van der Waals surface area contributed by atoms with E-state index in [2.05, 4.69) is 24.3 Å². The summed E-state index contributed by atoms with van der Waals surface area (Å²) in [6, 6.07) is 15.8. The van der Waals surface area contributed by atoms with Gasteiger partial charge in [0.15, 0.2) is 11.5 Å². The Balaban J connectivity index is 2.12. The minimum absolute atomic E-state index is 0.0231. The van der Waals surface area contributed by atoms with Crippen molar-refractivity contribution < 1.29 is 10.2 Å². The Kier molecular flexibility index (Phi) is 3.39. The number of aromatic hydroxyl groups is 2. The van der Waals surface area contributed by atoms with E-state index in [4.69, 9.17) is 0 Å². The highest BCUT2D eigenvalue weighted by Crippen LogP contribution is 2.46. The minimum atomic E-state index is -0.0484. The van der Waals surface area contributed by atoms with Crippen molar-refractivity contribution in [1.82, 2.24) is 0 Å². The fourth-order valence-electron chi connectivity index (χ4n) is 3.48. The topological polar surface area (TPSA) is 40.5 Å². The summed E-state index contributed by atoms with van der Waals surface area (Å²) in [5, 5.41) is 19.4. The van der Waals surface area contributed by atoms with Crippen LogP contribution in [0.25, 0.3) is 0 Å². The number of benzene rings is 2. The molecule has 20 heavy (non-hydrogen) atoms. The molecule has 1 fully saturated rings. The first-order valence-electron chi connectivity index (χ1n) is 7.30. The lowest BCUT2D eigenvalue weighted by Crippen LogP contribution is -2.30. The average Bonchev–Trinajstić information content (AvgIpc) is 2.51. The van der Waals surface area contributed by atoms with Crippen LogP contribution >= 0.6 is 0 Å². The molecule has 0 amide bonds. The van der Waals surface area contributed by atoms with Crippen LogP contribution in [0, 0.1) is 0 Å². The van der Waals surface area contributed by atoms with Crippen LogP contribution in [-0.4, -0.2) is 10.2 Å². The second-order valence-corrected chi connectivity index (χ2v) is 5.71. The number of phenolic OH excluding ortho intramolecular Hbond substituents is 2. The molecule has 0 aromatic heterocycles. The highest BCUT2D eigenvalue weighted by molar-refractivity contribution is 5.47. The molecule has 1 aliphatic carbocycles. The van der Waals surface area contributed by atoms with Crippen LogP contribution in [0.3, 0.4) is 0 Å². The van der Waals surface area contributed by atoms with E-state index in [1.807, 2.05) is 12.1 Å². The molecule has 0 saturated heterocycles. The zero-order valence-electron chi connectivity index (χ0n) is 11.5. The second kappa shape index (κ2) is 5.20. The van der Waals surface area contributed by atoms with Crippen molar-refractivity contribution in [2.75, 3.05) is 0 Å². The van der Waals surface area contributed by atoms with Crippen molar-refractivity contribution in [3.8, 4) is 11.5 Å². The van der Waals surface area contributed by atoms with Gasteiger partial charge >= 0.3 is 0 Å². The molecular formula is C18H20O2. The zero-order chi connectivity index (χ0) is 14.0. The maximum atomic E-state index is 9.84. The van der Waals surface area contributed by atoms with Gasteiger partial charge < -0.3 is 10.2 Å². The van der Waals surface area contributed by atoms with Crippen LogP contribution in [0.4, 0.5) is 0 Å². The molecule has 0 atom stereocenters. The van der Waals surface area contributed by atoms with Gasteiger partial charge in [-0.25, -0.2) is 0 Å². The van der Waals surface area contributed by atoms with E-state index in [0.29, 0.717) is 0 Å². The molecule has 2 N–H and O–H groups in total. The molecule has 0 bridgehead atoms. The maximum absolute atomic E-state index is 9.84. The third-order valence-corrected chi connectivity index (χ3v) is 4.56. The van der Waals surface area contributed by atoms with E-state index < -0.39 is 0 Å². The molecule has 2 aromatic carbocycles. The smallest absolute Gasteiger partial charge is 0.157 e. The first-order valence-corrected chi connectivity index (χ1v) is 7.30. The second-order valence-electron chi connectivity index (χ2n) is 5.71. The van der Waals surface area contributed by atoms with Gasteiger partial charge in [0.1, 0.15) is 0 Å². The predicted octanol–water partition coefficient (Wildman–Crippen LogP) is 4.35. The number of hydrogen-bond acceptors (Lipinski definition) is 2. The molecule has 1 saturated carbocycles. The van der Waals surface area contributed by atoms with Crippen molar-refractivity contribution in [3.63, 3.8) is 0 Å². The third kappa shape index (κ3) is 2.15. The van der Waals surface area contributed by atoms with Crippen LogP contribution in [-0.2, 0) is 5.41 Å². The molecule has 104 valence electrons. The van der Waals surface area contributed by atoms with Crippen molar-refractivity contribution in [2.24, 2.45) is 0 Å². The summed E-state index contributed by atoms with van der Waals surface area (Å²) in [4.78, 5) is 0. The fourth-order valence-corrected chi connectivity index (χ4v) is 3.48. The van der Waals surface area contributed by atoms with Crippen molar-refractivity contribution >= 4 is 0 Å². The van der Waals surface area contributed by atoms with Gasteiger partial charge in [-0.05, 0) is 36.1 Å². The predicted molar refractivity (Wildman–Crippen MR) is 80.1 cm³/mol. The molecule has 2 heteroatoms. The Bertz CT molecular complexity index is 584. The molecule has 2 aromatic rings. The molecule has 1 aliphatic rings.